The molecular formula is C11H18Cl2N2. The van der Waals surface area contributed by atoms with Crippen molar-refractivity contribution in [3.05, 3.63) is 29.8 Å². The summed E-state index contributed by atoms with van der Waals surface area (Å²) in [4.78, 5) is 0. The highest BCUT2D eigenvalue weighted by atomic mass is 35.5. The standard InChI is InChI=1S/C11H16N2.2ClH/c12-11-6-2-1-5-10(11)9-4-3-7-13-8-9;;/h1-2,5-6,9,13H,3-4,7-8,12H2;2*1H. The van der Waals surface area contributed by atoms with Crippen LogP contribution in [0.2, 0.25) is 0 Å². The number of benzene rings is 1. The van der Waals surface area contributed by atoms with Crippen LogP contribution in [-0.2, 0) is 0 Å². The van der Waals surface area contributed by atoms with Gasteiger partial charge in [-0.15, -0.1) is 24.8 Å². The summed E-state index contributed by atoms with van der Waals surface area (Å²) in [6.45, 7) is 2.23. The van der Waals surface area contributed by atoms with E-state index in [9.17, 15) is 0 Å². The lowest BCUT2D eigenvalue weighted by Gasteiger charge is -2.24. The lowest BCUT2D eigenvalue weighted by molar-refractivity contribution is 0.462. The van der Waals surface area contributed by atoms with E-state index in [4.69, 9.17) is 5.73 Å². The number of nitrogens with two attached hydrogens (primary N) is 1. The van der Waals surface area contributed by atoms with Crippen molar-refractivity contribution in [1.82, 2.24) is 5.32 Å². The molecule has 1 atom stereocenters. The molecule has 2 nitrogen and oxygen atoms in total. The van der Waals surface area contributed by atoms with Crippen molar-refractivity contribution in [2.24, 2.45) is 0 Å². The zero-order chi connectivity index (χ0) is 9.10. The van der Waals surface area contributed by atoms with Gasteiger partial charge >= 0.3 is 0 Å². The molecule has 0 radical (unpaired) electrons. The molecule has 1 saturated heterocycles. The summed E-state index contributed by atoms with van der Waals surface area (Å²) in [5.41, 5.74) is 8.18. The summed E-state index contributed by atoms with van der Waals surface area (Å²) in [7, 11) is 0. The van der Waals surface area contributed by atoms with Gasteiger partial charge in [0.2, 0.25) is 0 Å². The maximum Gasteiger partial charge on any atom is 0.0349 e. The number of nitrogen functional groups attached to an aromatic ring is 1. The number of hydrogen-bond donors (Lipinski definition) is 2. The van der Waals surface area contributed by atoms with Gasteiger partial charge in [-0.2, -0.15) is 0 Å². The van der Waals surface area contributed by atoms with Crippen LogP contribution in [0.4, 0.5) is 5.69 Å². The average Bonchev–Trinajstić information content (AvgIpc) is 2.20. The van der Waals surface area contributed by atoms with Crippen molar-refractivity contribution in [2.45, 2.75) is 18.8 Å². The highest BCUT2D eigenvalue weighted by Crippen LogP contribution is 2.27. The fourth-order valence-electron chi connectivity index (χ4n) is 2.00. The Balaban J connectivity index is 0.000000980. The number of hydrogen-bond acceptors (Lipinski definition) is 2. The largest absolute Gasteiger partial charge is 0.398 e. The minimum atomic E-state index is 0. The minimum absolute atomic E-state index is 0. The van der Waals surface area contributed by atoms with Gasteiger partial charge in [-0.1, -0.05) is 18.2 Å². The summed E-state index contributed by atoms with van der Waals surface area (Å²) in [6.07, 6.45) is 2.53. The van der Waals surface area contributed by atoms with Crippen LogP contribution in [0.5, 0.6) is 0 Å². The maximum atomic E-state index is 5.92. The third kappa shape index (κ3) is 3.56. The molecule has 1 aliphatic heterocycles. The van der Waals surface area contributed by atoms with Crippen LogP contribution in [-0.4, -0.2) is 13.1 Å². The third-order valence-corrected chi connectivity index (χ3v) is 2.73. The van der Waals surface area contributed by atoms with E-state index in [1.54, 1.807) is 0 Å². The Bertz CT molecular complexity index is 286. The van der Waals surface area contributed by atoms with E-state index in [0.717, 1.165) is 18.8 Å². The highest BCUT2D eigenvalue weighted by Gasteiger charge is 2.16. The van der Waals surface area contributed by atoms with Crippen LogP contribution >= 0.6 is 24.8 Å². The average molecular weight is 249 g/mol. The lowest BCUT2D eigenvalue weighted by Crippen LogP contribution is -2.28. The molecule has 1 fully saturated rings. The first-order valence-electron chi connectivity index (χ1n) is 4.93. The number of para-hydroxylation sites is 1. The summed E-state index contributed by atoms with van der Waals surface area (Å²) >= 11 is 0. The third-order valence-electron chi connectivity index (χ3n) is 2.73. The maximum absolute atomic E-state index is 5.92. The van der Waals surface area contributed by atoms with Gasteiger partial charge in [0.15, 0.2) is 0 Å². The Labute approximate surface area is 103 Å². The molecule has 1 heterocycles. The molecule has 0 aliphatic carbocycles. The van der Waals surface area contributed by atoms with Crippen LogP contribution in [0.15, 0.2) is 24.3 Å². The number of piperidine rings is 1. The van der Waals surface area contributed by atoms with Gasteiger partial charge < -0.3 is 11.1 Å². The molecule has 0 aromatic heterocycles. The van der Waals surface area contributed by atoms with E-state index >= 15 is 0 Å². The first kappa shape index (κ1) is 14.6. The fraction of sp³-hybridized carbons (Fsp3) is 0.455. The quantitative estimate of drug-likeness (QED) is 0.751. The monoisotopic (exact) mass is 248 g/mol. The topological polar surface area (TPSA) is 38.0 Å². The molecule has 2 rings (SSSR count). The summed E-state index contributed by atoms with van der Waals surface area (Å²) in [5, 5.41) is 3.40. The van der Waals surface area contributed by atoms with Gasteiger partial charge in [0.05, 0.1) is 0 Å². The molecule has 1 aromatic rings. The van der Waals surface area contributed by atoms with Gasteiger partial charge in [-0.25, -0.2) is 0 Å². The molecule has 86 valence electrons. The van der Waals surface area contributed by atoms with Crippen LogP contribution in [0.3, 0.4) is 0 Å². The Kier molecular flexibility index (Phi) is 6.73. The predicted octanol–water partition coefficient (Wildman–Crippen LogP) is 2.58. The number of anilines is 1. The summed E-state index contributed by atoms with van der Waals surface area (Å²) in [5.74, 6) is 0.620. The van der Waals surface area contributed by atoms with Gasteiger partial charge in [0.25, 0.3) is 0 Å². The summed E-state index contributed by atoms with van der Waals surface area (Å²) in [6, 6.07) is 8.20. The van der Waals surface area contributed by atoms with Crippen LogP contribution in [0.25, 0.3) is 0 Å². The number of rotatable bonds is 1. The number of halogens is 2. The molecule has 1 aromatic carbocycles. The van der Waals surface area contributed by atoms with E-state index in [1.165, 1.54) is 18.4 Å². The normalized spacial score (nSPS) is 19.9. The molecule has 0 amide bonds. The zero-order valence-electron chi connectivity index (χ0n) is 8.61. The van der Waals surface area contributed by atoms with Crippen molar-refractivity contribution in [3.8, 4) is 0 Å². The van der Waals surface area contributed by atoms with Crippen molar-refractivity contribution < 1.29 is 0 Å². The van der Waals surface area contributed by atoms with Gasteiger partial charge in [0, 0.05) is 12.2 Å². The van der Waals surface area contributed by atoms with E-state index in [-0.39, 0.29) is 24.8 Å². The molecular weight excluding hydrogens is 231 g/mol. The lowest BCUT2D eigenvalue weighted by atomic mass is 9.91. The van der Waals surface area contributed by atoms with Gasteiger partial charge in [-0.05, 0) is 36.9 Å². The molecule has 0 bridgehead atoms. The van der Waals surface area contributed by atoms with Gasteiger partial charge in [-0.3, -0.25) is 0 Å². The second kappa shape index (κ2) is 6.94. The summed E-state index contributed by atoms with van der Waals surface area (Å²) < 4.78 is 0. The van der Waals surface area contributed by atoms with Crippen LogP contribution in [0.1, 0.15) is 24.3 Å². The minimum Gasteiger partial charge on any atom is -0.398 e. The number of nitrogens with one attached hydrogen (secondary N) is 1. The van der Waals surface area contributed by atoms with E-state index in [1.807, 2.05) is 12.1 Å². The first-order chi connectivity index (χ1) is 6.38. The second-order valence-corrected chi connectivity index (χ2v) is 3.67. The second-order valence-electron chi connectivity index (χ2n) is 3.67. The predicted molar refractivity (Wildman–Crippen MR) is 70.2 cm³/mol. The van der Waals surface area contributed by atoms with Crippen LogP contribution in [0, 0.1) is 0 Å². The first-order valence-corrected chi connectivity index (χ1v) is 4.93. The zero-order valence-corrected chi connectivity index (χ0v) is 10.2. The molecule has 1 aliphatic rings. The highest BCUT2D eigenvalue weighted by molar-refractivity contribution is 5.85. The Morgan fingerprint density at radius 1 is 1.20 bits per heavy atom. The van der Waals surface area contributed by atoms with Crippen molar-refractivity contribution in [2.75, 3.05) is 18.8 Å². The van der Waals surface area contributed by atoms with E-state index in [0.29, 0.717) is 5.92 Å². The van der Waals surface area contributed by atoms with Crippen molar-refractivity contribution in [1.29, 1.82) is 0 Å². The molecule has 4 heteroatoms. The van der Waals surface area contributed by atoms with Crippen molar-refractivity contribution >= 4 is 30.5 Å². The Hall–Kier alpha value is -0.440. The Morgan fingerprint density at radius 2 is 1.93 bits per heavy atom. The van der Waals surface area contributed by atoms with Crippen molar-refractivity contribution in [3.63, 3.8) is 0 Å². The fourth-order valence-corrected chi connectivity index (χ4v) is 2.00. The molecule has 0 saturated carbocycles. The van der Waals surface area contributed by atoms with Crippen LogP contribution < -0.4 is 11.1 Å². The molecule has 15 heavy (non-hydrogen) atoms. The van der Waals surface area contributed by atoms with E-state index in [2.05, 4.69) is 17.4 Å². The molecule has 0 spiro atoms. The Morgan fingerprint density at radius 3 is 2.53 bits per heavy atom. The smallest absolute Gasteiger partial charge is 0.0349 e. The SMILES string of the molecule is Cl.Cl.Nc1ccccc1C1CCCNC1. The van der Waals surface area contributed by atoms with Gasteiger partial charge in [0.1, 0.15) is 0 Å². The van der Waals surface area contributed by atoms with E-state index < -0.39 is 0 Å². The molecule has 1 unspecified atom stereocenters. The molecule has 3 N–H and O–H groups in total.